The first-order valence-corrected chi connectivity index (χ1v) is 18.9. The number of aryl methyl sites for hydroxylation is 3. The highest BCUT2D eigenvalue weighted by Crippen LogP contribution is 2.24. The molecular formula is C54H84. The average molecular weight is 761 g/mol. The molecule has 300 valence electrons. The number of hydrogen-bond acceptors (Lipinski definition) is 0. The Morgan fingerprint density at radius 2 is 0.852 bits per heavy atom. The van der Waals surface area contributed by atoms with Gasteiger partial charge in [0.05, 0.1) is 11.0 Å². The van der Waals surface area contributed by atoms with Crippen LogP contribution in [-0.4, -0.2) is 0 Å². The third kappa shape index (κ3) is 32.3. The van der Waals surface area contributed by atoms with Gasteiger partial charge in [0, 0.05) is 27.4 Å². The number of benzene rings is 4. The summed E-state index contributed by atoms with van der Waals surface area (Å²) in [4.78, 5) is 0. The molecule has 0 amide bonds. The van der Waals surface area contributed by atoms with Gasteiger partial charge in [0.1, 0.15) is 0 Å². The van der Waals surface area contributed by atoms with Gasteiger partial charge in [0.2, 0.25) is 0 Å². The molecule has 0 N–H and O–H groups in total. The van der Waals surface area contributed by atoms with Gasteiger partial charge < -0.3 is 0 Å². The molecule has 4 fully saturated rings. The molecule has 0 aliphatic heterocycles. The SMILES string of the molecule is [2H]C1(C)CCCC1.[2H]C1(C)CCCCC1.[2H]C1([2H])C(C)C([2H])([2H])C([2H])([2H])C([2H])([2H])C1([2H])[2H].[2H]C1([2H])C(C)C([2H])([2H])C([2H])([2H])C1([2H])[2H].[2H]c1c([2H])c([2H])c(C)c([2H])c1[2H].[2H]c1ccc(C)cc1.[2H]c1cccc(C)c1.[2H]c1ccccc1C. The molecule has 0 nitrogen and oxygen atoms in total. The van der Waals surface area contributed by atoms with E-state index in [1.54, 1.807) is 24.3 Å². The summed E-state index contributed by atoms with van der Waals surface area (Å²) in [6.07, 6.45) is -14.8. The maximum atomic E-state index is 7.63. The van der Waals surface area contributed by atoms with E-state index in [1.807, 2.05) is 83.1 Å². The molecular weight excluding hydrogens is 649 g/mol. The normalized spacial score (nSPS) is 33.9. The van der Waals surface area contributed by atoms with E-state index in [0.29, 0.717) is 23.7 Å². The lowest BCUT2D eigenvalue weighted by molar-refractivity contribution is 0.385. The fourth-order valence-electron chi connectivity index (χ4n) is 4.56. The van der Waals surface area contributed by atoms with E-state index in [1.165, 1.54) is 51.5 Å². The van der Waals surface area contributed by atoms with Crippen molar-refractivity contribution >= 4 is 0 Å². The monoisotopic (exact) mass is 761 g/mol. The summed E-state index contributed by atoms with van der Waals surface area (Å²) in [5.74, 6) is -3.05. The molecule has 54 heavy (non-hydrogen) atoms. The highest BCUT2D eigenvalue weighted by molar-refractivity contribution is 5.13. The maximum absolute atomic E-state index is 7.63. The van der Waals surface area contributed by atoms with Crippen molar-refractivity contribution in [1.82, 2.24) is 0 Å². The van der Waals surface area contributed by atoms with E-state index >= 15 is 0 Å². The van der Waals surface area contributed by atoms with Crippen molar-refractivity contribution in [1.29, 1.82) is 0 Å². The predicted octanol–water partition coefficient (Wildman–Crippen LogP) is 17.5. The number of rotatable bonds is 0. The lowest BCUT2D eigenvalue weighted by Gasteiger charge is -2.15. The summed E-state index contributed by atoms with van der Waals surface area (Å²) in [5.41, 5.74) is 3.69. The molecule has 0 aromatic heterocycles. The van der Waals surface area contributed by atoms with Gasteiger partial charge in [-0.15, -0.1) is 0 Å². The van der Waals surface area contributed by atoms with Crippen LogP contribution in [0, 0.1) is 51.3 Å². The zero-order valence-corrected chi connectivity index (χ0v) is 33.9. The van der Waals surface area contributed by atoms with Crippen molar-refractivity contribution in [2.45, 2.75) is 171 Å². The second-order valence-corrected chi connectivity index (χ2v) is 13.3. The van der Waals surface area contributed by atoms with Crippen LogP contribution in [0.4, 0.5) is 0 Å². The van der Waals surface area contributed by atoms with Gasteiger partial charge in [-0.2, -0.15) is 0 Å². The van der Waals surface area contributed by atoms with Crippen molar-refractivity contribution in [2.24, 2.45) is 23.6 Å². The molecule has 0 unspecified atom stereocenters. The Morgan fingerprint density at radius 3 is 1.22 bits per heavy atom. The van der Waals surface area contributed by atoms with Crippen LogP contribution in [0.3, 0.4) is 0 Å². The molecule has 4 aliphatic carbocycles. The highest BCUT2D eigenvalue weighted by atomic mass is 14.1. The Morgan fingerprint density at radius 1 is 0.407 bits per heavy atom. The molecule has 4 aromatic rings. The van der Waals surface area contributed by atoms with Crippen LogP contribution in [0.25, 0.3) is 0 Å². The molecule has 0 atom stereocenters. The summed E-state index contributed by atoms with van der Waals surface area (Å²) in [5, 5.41) is 0. The smallest absolute Gasteiger partial charge is 0.0625 e. The lowest BCUT2D eigenvalue weighted by Crippen LogP contribution is -1.99. The molecule has 0 heteroatoms. The predicted molar refractivity (Wildman–Crippen MR) is 244 cm³/mol. The minimum atomic E-state index is -3.26. The van der Waals surface area contributed by atoms with E-state index in [-0.39, 0.29) is 42.0 Å². The molecule has 0 saturated heterocycles. The van der Waals surface area contributed by atoms with E-state index in [2.05, 4.69) is 0 Å². The fraction of sp³-hybridized carbons (Fsp3) is 0.556. The standard InChI is InChI=1S/2C7H14.4C7H8.2C6H12/c6*1-7-5-3-2-4-6-7;2*1-6-4-2-3-5-6/h2*7H,2-6H2,1H3;4*2-6H,1H3;2*6H,2-5H2,1H3/i2D2,3D2,4D2,5D2,6D2;7D;2D,3D,4D,5D,6D;5D;3D;2D;2D2,3D2,4D2,5D2;6D. The minimum absolute atomic E-state index is 0.0556. The zero-order chi connectivity index (χ0) is 64.4. The van der Waals surface area contributed by atoms with Gasteiger partial charge in [-0.1, -0.05) is 286 Å². The Kier molecular flexibility index (Phi) is 13.0. The summed E-state index contributed by atoms with van der Waals surface area (Å²) >= 11 is 0. The molecule has 0 heterocycles. The van der Waals surface area contributed by atoms with Crippen LogP contribution >= 0.6 is 0 Å². The van der Waals surface area contributed by atoms with Crippen molar-refractivity contribution in [3.63, 3.8) is 0 Å². The van der Waals surface area contributed by atoms with Crippen molar-refractivity contribution in [3.8, 4) is 0 Å². The summed E-state index contributed by atoms with van der Waals surface area (Å²) < 4.78 is 207. The van der Waals surface area contributed by atoms with Gasteiger partial charge >= 0.3 is 0 Å². The van der Waals surface area contributed by atoms with Crippen LogP contribution in [0.15, 0.2) is 121 Å². The Labute approximate surface area is 376 Å². The van der Waals surface area contributed by atoms with Gasteiger partial charge in [-0.05, 0) is 51.3 Å². The number of hydrogen-bond donors (Lipinski definition) is 0. The fourth-order valence-corrected chi connectivity index (χ4v) is 4.56. The molecule has 8 rings (SSSR count). The average Bonchev–Trinajstić information content (AvgIpc) is 3.81. The quantitative estimate of drug-likeness (QED) is 0.167. The largest absolute Gasteiger partial charge is 0.0625 e. The Bertz CT molecular complexity index is 2400. The van der Waals surface area contributed by atoms with Crippen LogP contribution in [0.1, 0.15) is 203 Å². The van der Waals surface area contributed by atoms with E-state index in [0.717, 1.165) is 43.7 Å². The summed E-state index contributed by atoms with van der Waals surface area (Å²) in [6.45, 7) is 13.8. The van der Waals surface area contributed by atoms with Gasteiger partial charge in [0.15, 0.2) is 0 Å². The van der Waals surface area contributed by atoms with Gasteiger partial charge in [-0.25, -0.2) is 0 Å². The molecule has 4 aliphatic rings. The highest BCUT2D eigenvalue weighted by Gasteiger charge is 2.08. The minimum Gasteiger partial charge on any atom is -0.0625 e. The topological polar surface area (TPSA) is 0 Å². The van der Waals surface area contributed by atoms with Gasteiger partial charge in [0.25, 0.3) is 0 Å². The van der Waals surface area contributed by atoms with E-state index in [9.17, 15) is 0 Å². The van der Waals surface area contributed by atoms with Crippen LogP contribution < -0.4 is 0 Å². The second kappa shape index (κ2) is 34.4. The first kappa shape index (κ1) is 20.3. The first-order valence-electron chi connectivity index (χ1n) is 32.9. The molecule has 0 spiro atoms. The molecule has 4 saturated carbocycles. The Hall–Kier alpha value is -3.12. The Balaban J connectivity index is 0.000000477. The van der Waals surface area contributed by atoms with E-state index < -0.39 is 69.2 Å². The summed E-state index contributed by atoms with van der Waals surface area (Å²) in [7, 11) is 0. The summed E-state index contributed by atoms with van der Waals surface area (Å²) in [6, 6.07) is 23.1. The maximum Gasteiger partial charge on any atom is 0.0625 e. The second-order valence-electron chi connectivity index (χ2n) is 13.3. The molecule has 0 bridgehead atoms. The zero-order valence-electron chi connectivity index (χ0n) is 61.9. The first-order chi connectivity index (χ1) is 36.8. The molecule has 4 aromatic carbocycles. The van der Waals surface area contributed by atoms with Crippen molar-refractivity contribution < 1.29 is 38.4 Å². The third-order valence-electron chi connectivity index (χ3n) is 7.74. The van der Waals surface area contributed by atoms with Crippen molar-refractivity contribution in [3.05, 3.63) is 143 Å². The third-order valence-corrected chi connectivity index (χ3v) is 7.74. The van der Waals surface area contributed by atoms with Crippen molar-refractivity contribution in [2.75, 3.05) is 0 Å². The van der Waals surface area contributed by atoms with Crippen LogP contribution in [0.2, 0.25) is 0 Å². The van der Waals surface area contributed by atoms with Crippen LogP contribution in [0.5, 0.6) is 0 Å². The van der Waals surface area contributed by atoms with E-state index in [4.69, 9.17) is 38.4 Å². The molecule has 0 radical (unpaired) electrons. The van der Waals surface area contributed by atoms with Gasteiger partial charge in [-0.3, -0.25) is 0 Å². The van der Waals surface area contributed by atoms with Crippen LogP contribution in [-0.2, 0) is 0 Å². The lowest BCUT2D eigenvalue weighted by atomic mass is 9.91.